The van der Waals surface area contributed by atoms with Gasteiger partial charge in [-0.3, -0.25) is 0 Å². The van der Waals surface area contributed by atoms with Crippen molar-refractivity contribution in [2.75, 3.05) is 4.90 Å². The minimum absolute atomic E-state index is 0.0796. The van der Waals surface area contributed by atoms with Crippen LogP contribution in [0.25, 0.3) is 65.8 Å². The lowest BCUT2D eigenvalue weighted by Gasteiger charge is -2.26. The molecule has 2 aromatic heterocycles. The van der Waals surface area contributed by atoms with Gasteiger partial charge in [0, 0.05) is 32.9 Å². The van der Waals surface area contributed by atoms with Crippen molar-refractivity contribution < 1.29 is 30.8 Å². The van der Waals surface area contributed by atoms with Crippen LogP contribution in [0.1, 0.15) is 21.9 Å². The van der Waals surface area contributed by atoms with E-state index < -0.39 is 130 Å². The maximum absolute atomic E-state index is 9.52. The van der Waals surface area contributed by atoms with Crippen LogP contribution in [0.4, 0.5) is 17.1 Å². The van der Waals surface area contributed by atoms with Crippen LogP contribution < -0.4 is 4.90 Å². The molecule has 3 nitrogen and oxygen atoms in total. The second kappa shape index (κ2) is 9.37. The average molecular weight is 568 g/mol. The zero-order valence-corrected chi connectivity index (χ0v) is 22.0. The summed E-state index contributed by atoms with van der Waals surface area (Å²) < 4.78 is 153. The van der Waals surface area contributed by atoms with Gasteiger partial charge in [-0.1, -0.05) is 96.8 Å². The Morgan fingerprint density at radius 2 is 1.28 bits per heavy atom. The number of hydrogen-bond donors (Lipinski definition) is 0. The number of nitrogens with zero attached hydrogens (tertiary/aromatic N) is 1. The van der Waals surface area contributed by atoms with E-state index in [1.54, 1.807) is 18.2 Å². The van der Waals surface area contributed by atoms with Crippen molar-refractivity contribution in [3.63, 3.8) is 0 Å². The smallest absolute Gasteiger partial charge is 0.143 e. The van der Waals surface area contributed by atoms with E-state index in [2.05, 4.69) is 0 Å². The number of benzene rings is 7. The summed E-state index contributed by atoms with van der Waals surface area (Å²) in [5, 5.41) is 1.91. The molecule has 0 saturated carbocycles. The molecule has 7 aromatic carbocycles. The van der Waals surface area contributed by atoms with Crippen molar-refractivity contribution in [1.29, 1.82) is 0 Å². The summed E-state index contributed by atoms with van der Waals surface area (Å²) in [5.74, 6) is 0. The van der Waals surface area contributed by atoms with Crippen molar-refractivity contribution in [1.82, 2.24) is 0 Å². The Balaban J connectivity index is 1.43. The number of hydrogen-bond acceptors (Lipinski definition) is 3. The lowest BCUT2D eigenvalue weighted by Crippen LogP contribution is -2.10. The highest BCUT2D eigenvalue weighted by molar-refractivity contribution is 6.19. The van der Waals surface area contributed by atoms with Crippen LogP contribution >= 0.6 is 0 Å². The quantitative estimate of drug-likeness (QED) is 0.212. The van der Waals surface area contributed by atoms with Gasteiger partial charge in [0.15, 0.2) is 0 Å². The SMILES string of the molecule is [2H]c1c([2H])c([2H])c(N(c2c([2H])c([2H])c(-c3c([2H])c([2H])c([2H])c4oc5c([2H])c([2H])c([2H])c([2H])c5c34)c([2H])c2[2H])c2cccc3oc4c5ccccc5ccc4c23)c([2H])c1[2H]. The van der Waals surface area contributed by atoms with Gasteiger partial charge in [0.25, 0.3) is 0 Å². The Labute approximate surface area is 270 Å². The number of fused-ring (bicyclic) bond motifs is 8. The van der Waals surface area contributed by atoms with E-state index >= 15 is 0 Å². The first-order valence-electron chi connectivity index (χ1n) is 21.2. The molecule has 0 fully saturated rings. The van der Waals surface area contributed by atoms with Crippen LogP contribution in [-0.4, -0.2) is 0 Å². The van der Waals surface area contributed by atoms with E-state index in [9.17, 15) is 5.48 Å². The maximum Gasteiger partial charge on any atom is 0.143 e. The molecule has 9 aromatic rings. The van der Waals surface area contributed by atoms with Gasteiger partial charge in [-0.25, -0.2) is 0 Å². The van der Waals surface area contributed by atoms with Crippen LogP contribution in [0, 0.1) is 0 Å². The molecule has 0 radical (unpaired) electrons. The third-order valence-electron chi connectivity index (χ3n) is 7.35. The summed E-state index contributed by atoms with van der Waals surface area (Å²) in [6.45, 7) is 0. The van der Waals surface area contributed by atoms with Gasteiger partial charge in [-0.15, -0.1) is 0 Å². The van der Waals surface area contributed by atoms with Crippen molar-refractivity contribution >= 4 is 71.7 Å². The van der Waals surface area contributed by atoms with Gasteiger partial charge >= 0.3 is 0 Å². The molecule has 0 aliphatic carbocycles. The molecule has 0 spiro atoms. The van der Waals surface area contributed by atoms with Crippen molar-refractivity contribution in [3.05, 3.63) is 151 Å². The molecule has 0 bridgehead atoms. The van der Waals surface area contributed by atoms with Crippen LogP contribution in [0.2, 0.25) is 0 Å². The van der Waals surface area contributed by atoms with Gasteiger partial charge in [0.1, 0.15) is 22.3 Å². The number of para-hydroxylation sites is 2. The normalized spacial score (nSPS) is 16.9. The van der Waals surface area contributed by atoms with E-state index in [-0.39, 0.29) is 16.5 Å². The summed E-state index contributed by atoms with van der Waals surface area (Å²) in [6.07, 6.45) is 0. The number of anilines is 3. The van der Waals surface area contributed by atoms with Crippen molar-refractivity contribution in [2.24, 2.45) is 0 Å². The van der Waals surface area contributed by atoms with Gasteiger partial charge in [0.2, 0.25) is 0 Å². The predicted molar refractivity (Wildman–Crippen MR) is 179 cm³/mol. The summed E-state index contributed by atoms with van der Waals surface area (Å²) in [7, 11) is 0. The highest BCUT2D eigenvalue weighted by atomic mass is 16.3. The third kappa shape index (κ3) is 3.68. The lowest BCUT2D eigenvalue weighted by atomic mass is 9.99. The molecule has 202 valence electrons. The fourth-order valence-corrected chi connectivity index (χ4v) is 5.52. The average Bonchev–Trinajstić information content (AvgIpc) is 3.83. The molecular weight excluding hydrogens is 526 g/mol. The van der Waals surface area contributed by atoms with Crippen LogP contribution in [0.3, 0.4) is 0 Å². The summed E-state index contributed by atoms with van der Waals surface area (Å²) >= 11 is 0. The highest BCUT2D eigenvalue weighted by Gasteiger charge is 2.20. The molecule has 2 heterocycles. The summed E-state index contributed by atoms with van der Waals surface area (Å²) in [5.41, 5.74) is -2.07. The largest absolute Gasteiger partial charge is 0.456 e. The summed E-state index contributed by atoms with van der Waals surface area (Å²) in [6, 6.07) is 4.33. The predicted octanol–water partition coefficient (Wildman–Crippen LogP) is 11.8. The standard InChI is InChI=1S/C40H25NO2/c1-2-11-28(12-3-1)41(34-16-9-19-37-39(34)33-25-22-26-10-4-5-13-31(26)40(33)43-37)29-23-20-27(21-24-29)30-15-8-18-36-38(30)32-14-6-7-17-35(32)42-36/h1-25H/i1D,2D,3D,6D,7D,8D,11D,12D,14D,15D,17D,18D,20D,21D,23D,24D. The Bertz CT molecular complexity index is 3320. The molecule has 0 saturated heterocycles. The van der Waals surface area contributed by atoms with E-state index in [1.165, 1.54) is 6.07 Å². The number of furan rings is 2. The van der Waals surface area contributed by atoms with E-state index in [0.717, 1.165) is 15.7 Å². The zero-order chi connectivity index (χ0) is 42.3. The van der Waals surface area contributed by atoms with Gasteiger partial charge < -0.3 is 13.7 Å². The lowest BCUT2D eigenvalue weighted by molar-refractivity contribution is 0.669. The molecule has 0 amide bonds. The molecule has 0 aliphatic heterocycles. The Hall–Kier alpha value is -5.80. The minimum Gasteiger partial charge on any atom is -0.456 e. The maximum atomic E-state index is 9.52. The first kappa shape index (κ1) is 13.0. The fraction of sp³-hybridized carbons (Fsp3) is 0. The van der Waals surface area contributed by atoms with Gasteiger partial charge in [-0.2, -0.15) is 0 Å². The second-order valence-electron chi connectivity index (χ2n) is 9.71. The van der Waals surface area contributed by atoms with Crippen LogP contribution in [0.15, 0.2) is 160 Å². The second-order valence-corrected chi connectivity index (χ2v) is 9.71. The van der Waals surface area contributed by atoms with Crippen molar-refractivity contribution in [2.45, 2.75) is 0 Å². The Kier molecular flexibility index (Phi) is 2.84. The van der Waals surface area contributed by atoms with Crippen molar-refractivity contribution in [3.8, 4) is 11.1 Å². The molecule has 43 heavy (non-hydrogen) atoms. The molecule has 9 rings (SSSR count). The van der Waals surface area contributed by atoms with Gasteiger partial charge in [0.05, 0.1) is 33.0 Å². The molecule has 0 N–H and O–H groups in total. The Morgan fingerprint density at radius 1 is 0.488 bits per heavy atom. The number of rotatable bonds is 4. The minimum atomic E-state index is -0.810. The molecular formula is C40H25NO2. The van der Waals surface area contributed by atoms with E-state index in [4.69, 9.17) is 25.3 Å². The molecule has 0 aliphatic rings. The molecule has 0 unspecified atom stereocenters. The first-order valence-corrected chi connectivity index (χ1v) is 13.2. The Morgan fingerprint density at radius 3 is 2.19 bits per heavy atom. The third-order valence-corrected chi connectivity index (χ3v) is 7.35. The fourth-order valence-electron chi connectivity index (χ4n) is 5.52. The molecule has 0 atom stereocenters. The monoisotopic (exact) mass is 567 g/mol. The van der Waals surface area contributed by atoms with Crippen LogP contribution in [-0.2, 0) is 0 Å². The highest BCUT2D eigenvalue weighted by Crippen LogP contribution is 2.45. The van der Waals surface area contributed by atoms with Gasteiger partial charge in [-0.05, 0) is 71.0 Å². The topological polar surface area (TPSA) is 29.5 Å². The molecule has 3 heteroatoms. The van der Waals surface area contributed by atoms with Crippen LogP contribution in [0.5, 0.6) is 0 Å². The van der Waals surface area contributed by atoms with E-state index in [0.29, 0.717) is 21.9 Å². The zero-order valence-electron chi connectivity index (χ0n) is 38.0. The van der Waals surface area contributed by atoms with E-state index in [1.807, 2.05) is 30.3 Å². The first-order chi connectivity index (χ1) is 28.0. The summed E-state index contributed by atoms with van der Waals surface area (Å²) in [4.78, 5) is 1.07.